The van der Waals surface area contributed by atoms with Gasteiger partial charge in [0, 0.05) is 12.8 Å². The quantitative estimate of drug-likeness (QED) is 0.695. The van der Waals surface area contributed by atoms with E-state index < -0.39 is 11.9 Å². The molecule has 2 rings (SSSR count). The SMILES string of the molecule is O=C(O)[C@@H]1C[C@H]1C1CC(F)(F)C1. The lowest BCUT2D eigenvalue weighted by Crippen LogP contribution is -2.37. The summed E-state index contributed by atoms with van der Waals surface area (Å²) < 4.78 is 24.7. The number of carboxylic acid groups (broad SMARTS) is 1. The summed E-state index contributed by atoms with van der Waals surface area (Å²) in [4.78, 5) is 10.4. The minimum absolute atomic E-state index is 0.0268. The molecule has 0 radical (unpaired) electrons. The summed E-state index contributed by atoms with van der Waals surface area (Å²) in [5.41, 5.74) is 0. The highest BCUT2D eigenvalue weighted by atomic mass is 19.3. The van der Waals surface area contributed by atoms with Gasteiger partial charge in [0.2, 0.25) is 5.92 Å². The second-order valence-electron chi connectivity index (χ2n) is 3.87. The molecular formula is C8H10F2O2. The van der Waals surface area contributed by atoms with Crippen molar-refractivity contribution in [3.63, 3.8) is 0 Å². The summed E-state index contributed by atoms with van der Waals surface area (Å²) in [6.07, 6.45) is 0.416. The molecule has 1 N–H and O–H groups in total. The number of hydrogen-bond acceptors (Lipinski definition) is 1. The number of halogens is 2. The van der Waals surface area contributed by atoms with Gasteiger partial charge in [-0.25, -0.2) is 8.78 Å². The third-order valence-electron chi connectivity index (χ3n) is 2.88. The van der Waals surface area contributed by atoms with Crippen LogP contribution in [0, 0.1) is 17.8 Å². The summed E-state index contributed by atoms with van der Waals surface area (Å²) in [6.45, 7) is 0. The van der Waals surface area contributed by atoms with Crippen LogP contribution in [0.5, 0.6) is 0 Å². The Balaban J connectivity index is 1.81. The zero-order chi connectivity index (χ0) is 8.93. The van der Waals surface area contributed by atoms with Gasteiger partial charge >= 0.3 is 5.97 Å². The number of rotatable bonds is 2. The number of aliphatic carboxylic acids is 1. The summed E-state index contributed by atoms with van der Waals surface area (Å²) >= 11 is 0. The molecule has 2 saturated carbocycles. The second kappa shape index (κ2) is 2.18. The monoisotopic (exact) mass is 176 g/mol. The molecule has 4 heteroatoms. The van der Waals surface area contributed by atoms with Crippen molar-refractivity contribution >= 4 is 5.97 Å². The van der Waals surface area contributed by atoms with Gasteiger partial charge in [-0.2, -0.15) is 0 Å². The normalized spacial score (nSPS) is 38.8. The molecule has 0 aromatic rings. The van der Waals surface area contributed by atoms with E-state index in [9.17, 15) is 13.6 Å². The fourth-order valence-electron chi connectivity index (χ4n) is 2.03. The predicted octanol–water partition coefficient (Wildman–Crippen LogP) is 1.75. The van der Waals surface area contributed by atoms with Crippen LogP contribution < -0.4 is 0 Å². The molecule has 68 valence electrons. The minimum Gasteiger partial charge on any atom is -0.481 e. The Morgan fingerprint density at radius 3 is 2.33 bits per heavy atom. The van der Waals surface area contributed by atoms with Gasteiger partial charge in [0.05, 0.1) is 5.92 Å². The van der Waals surface area contributed by atoms with E-state index in [0.717, 1.165) is 0 Å². The number of carboxylic acids is 1. The topological polar surface area (TPSA) is 37.3 Å². The Morgan fingerprint density at radius 2 is 2.00 bits per heavy atom. The van der Waals surface area contributed by atoms with E-state index in [0.29, 0.717) is 6.42 Å². The molecule has 2 aliphatic carbocycles. The Morgan fingerprint density at radius 1 is 1.42 bits per heavy atom. The van der Waals surface area contributed by atoms with Crippen molar-refractivity contribution in [2.24, 2.45) is 17.8 Å². The number of hydrogen-bond donors (Lipinski definition) is 1. The van der Waals surface area contributed by atoms with Crippen molar-refractivity contribution in [2.45, 2.75) is 25.2 Å². The summed E-state index contributed by atoms with van der Waals surface area (Å²) in [7, 11) is 0. The van der Waals surface area contributed by atoms with Gasteiger partial charge in [-0.3, -0.25) is 4.79 Å². The Kier molecular flexibility index (Phi) is 1.44. The van der Waals surface area contributed by atoms with E-state index >= 15 is 0 Å². The van der Waals surface area contributed by atoms with Crippen LogP contribution in [0.15, 0.2) is 0 Å². The Hall–Kier alpha value is -0.670. The van der Waals surface area contributed by atoms with Crippen LogP contribution in [-0.2, 0) is 4.79 Å². The first-order chi connectivity index (χ1) is 5.49. The summed E-state index contributed by atoms with van der Waals surface area (Å²) in [5, 5.41) is 8.53. The highest BCUT2D eigenvalue weighted by Gasteiger charge is 2.57. The highest BCUT2D eigenvalue weighted by molar-refractivity contribution is 5.73. The zero-order valence-corrected chi connectivity index (χ0v) is 6.46. The van der Waals surface area contributed by atoms with Gasteiger partial charge in [0.15, 0.2) is 0 Å². The first-order valence-corrected chi connectivity index (χ1v) is 4.10. The average molecular weight is 176 g/mol. The van der Waals surface area contributed by atoms with Crippen LogP contribution in [0.2, 0.25) is 0 Å². The molecule has 0 saturated heterocycles. The van der Waals surface area contributed by atoms with Crippen LogP contribution in [0.3, 0.4) is 0 Å². The van der Waals surface area contributed by atoms with Crippen molar-refractivity contribution in [1.29, 1.82) is 0 Å². The lowest BCUT2D eigenvalue weighted by molar-refractivity contribution is -0.142. The molecule has 0 unspecified atom stereocenters. The standard InChI is InChI=1S/C8H10F2O2/c9-8(10)2-4(3-8)5-1-6(5)7(11)12/h4-6H,1-3H2,(H,11,12)/t5-,6+/m0/s1. The van der Waals surface area contributed by atoms with Gasteiger partial charge in [-0.15, -0.1) is 0 Å². The Bertz CT molecular complexity index is 219. The van der Waals surface area contributed by atoms with E-state index in [-0.39, 0.29) is 30.6 Å². The predicted molar refractivity (Wildman–Crippen MR) is 36.9 cm³/mol. The molecule has 0 spiro atoms. The zero-order valence-electron chi connectivity index (χ0n) is 6.46. The van der Waals surface area contributed by atoms with Gasteiger partial charge in [-0.05, 0) is 18.3 Å². The van der Waals surface area contributed by atoms with E-state index in [1.54, 1.807) is 0 Å². The van der Waals surface area contributed by atoms with E-state index in [2.05, 4.69) is 0 Å². The molecule has 0 heterocycles. The summed E-state index contributed by atoms with van der Waals surface area (Å²) in [5.74, 6) is -3.64. The van der Waals surface area contributed by atoms with Crippen molar-refractivity contribution < 1.29 is 18.7 Å². The minimum atomic E-state index is -2.50. The maximum absolute atomic E-state index is 12.4. The molecule has 2 aliphatic rings. The molecule has 0 bridgehead atoms. The van der Waals surface area contributed by atoms with Crippen molar-refractivity contribution in [3.8, 4) is 0 Å². The largest absolute Gasteiger partial charge is 0.481 e. The maximum Gasteiger partial charge on any atom is 0.306 e. The van der Waals surface area contributed by atoms with Crippen LogP contribution >= 0.6 is 0 Å². The summed E-state index contributed by atoms with van der Waals surface area (Å²) in [6, 6.07) is 0. The van der Waals surface area contributed by atoms with Crippen LogP contribution in [-0.4, -0.2) is 17.0 Å². The fourth-order valence-corrected chi connectivity index (χ4v) is 2.03. The first kappa shape index (κ1) is 7.95. The number of carbonyl (C=O) groups is 1. The molecule has 2 atom stereocenters. The van der Waals surface area contributed by atoms with Gasteiger partial charge < -0.3 is 5.11 Å². The van der Waals surface area contributed by atoms with E-state index in [1.165, 1.54) is 0 Å². The number of alkyl halides is 2. The smallest absolute Gasteiger partial charge is 0.306 e. The molecule has 0 aromatic heterocycles. The fraction of sp³-hybridized carbons (Fsp3) is 0.875. The molecule has 12 heavy (non-hydrogen) atoms. The molecule has 0 aliphatic heterocycles. The second-order valence-corrected chi connectivity index (χ2v) is 3.87. The third kappa shape index (κ3) is 1.19. The van der Waals surface area contributed by atoms with Gasteiger partial charge in [-0.1, -0.05) is 0 Å². The highest BCUT2D eigenvalue weighted by Crippen LogP contribution is 2.56. The third-order valence-corrected chi connectivity index (χ3v) is 2.88. The van der Waals surface area contributed by atoms with Crippen molar-refractivity contribution in [2.75, 3.05) is 0 Å². The van der Waals surface area contributed by atoms with Crippen molar-refractivity contribution in [3.05, 3.63) is 0 Å². The average Bonchev–Trinajstić information content (AvgIpc) is 2.59. The van der Waals surface area contributed by atoms with Gasteiger partial charge in [0.1, 0.15) is 0 Å². The first-order valence-electron chi connectivity index (χ1n) is 4.10. The van der Waals surface area contributed by atoms with E-state index in [4.69, 9.17) is 5.11 Å². The van der Waals surface area contributed by atoms with Crippen LogP contribution in [0.1, 0.15) is 19.3 Å². The molecular weight excluding hydrogens is 166 g/mol. The van der Waals surface area contributed by atoms with Crippen molar-refractivity contribution in [1.82, 2.24) is 0 Å². The maximum atomic E-state index is 12.4. The Labute approximate surface area is 68.6 Å². The molecule has 0 amide bonds. The molecule has 0 aromatic carbocycles. The lowest BCUT2D eigenvalue weighted by atomic mass is 9.77. The van der Waals surface area contributed by atoms with E-state index in [1.807, 2.05) is 0 Å². The molecule has 2 fully saturated rings. The van der Waals surface area contributed by atoms with Crippen LogP contribution in [0.4, 0.5) is 8.78 Å². The molecule has 2 nitrogen and oxygen atoms in total. The van der Waals surface area contributed by atoms with Crippen LogP contribution in [0.25, 0.3) is 0 Å². The van der Waals surface area contributed by atoms with Gasteiger partial charge in [0.25, 0.3) is 0 Å². The lowest BCUT2D eigenvalue weighted by Gasteiger charge is -2.35.